The summed E-state index contributed by atoms with van der Waals surface area (Å²) in [5.74, 6) is 1.41. The molecule has 0 spiro atoms. The molecule has 1 aliphatic heterocycles. The van der Waals surface area contributed by atoms with E-state index in [9.17, 15) is 0 Å². The first-order valence-corrected chi connectivity index (χ1v) is 11.9. The lowest BCUT2D eigenvalue weighted by Crippen LogP contribution is -2.20. The third-order valence-electron chi connectivity index (χ3n) is 6.73. The van der Waals surface area contributed by atoms with Crippen LogP contribution in [0, 0.1) is 0 Å². The zero-order valence-corrected chi connectivity index (χ0v) is 18.8. The van der Waals surface area contributed by atoms with Crippen LogP contribution in [0.25, 0.3) is 33.1 Å². The zero-order valence-electron chi connectivity index (χ0n) is 18.8. The van der Waals surface area contributed by atoms with Crippen molar-refractivity contribution in [2.24, 2.45) is 0 Å². The van der Waals surface area contributed by atoms with E-state index in [4.69, 9.17) is 9.51 Å². The maximum atomic E-state index is 5.71. The first-order chi connectivity index (χ1) is 16.3. The van der Waals surface area contributed by atoms with E-state index in [-0.39, 0.29) is 0 Å². The molecule has 0 aliphatic carbocycles. The normalized spacial score (nSPS) is 14.5. The van der Waals surface area contributed by atoms with Crippen LogP contribution in [-0.4, -0.2) is 39.2 Å². The SMILES string of the molecule is c1ccc2cc(Cn3cc(-c4nc(CCCN5CCCC5)no4)c4ccccc43)ccc2c1. The van der Waals surface area contributed by atoms with E-state index < -0.39 is 0 Å². The third-order valence-corrected chi connectivity index (χ3v) is 6.73. The predicted molar refractivity (Wildman–Crippen MR) is 132 cm³/mol. The summed E-state index contributed by atoms with van der Waals surface area (Å²) in [7, 11) is 0. The van der Waals surface area contributed by atoms with Crippen molar-refractivity contribution in [3.05, 3.63) is 84.3 Å². The lowest BCUT2D eigenvalue weighted by Gasteiger charge is -2.12. The average Bonchev–Trinajstić information content (AvgIpc) is 3.60. The first kappa shape index (κ1) is 20.2. The second kappa shape index (κ2) is 8.83. The van der Waals surface area contributed by atoms with Crippen molar-refractivity contribution in [1.82, 2.24) is 19.6 Å². The van der Waals surface area contributed by atoms with Crippen LogP contribution < -0.4 is 0 Å². The van der Waals surface area contributed by atoms with E-state index in [1.54, 1.807) is 0 Å². The van der Waals surface area contributed by atoms with Gasteiger partial charge in [0.25, 0.3) is 5.89 Å². The Bertz CT molecular complexity index is 1390. The van der Waals surface area contributed by atoms with Crippen molar-refractivity contribution in [1.29, 1.82) is 0 Å². The Labute approximate surface area is 193 Å². The van der Waals surface area contributed by atoms with Crippen LogP contribution in [0.3, 0.4) is 0 Å². The second-order valence-electron chi connectivity index (χ2n) is 9.04. The minimum Gasteiger partial charge on any atom is -0.342 e. The van der Waals surface area contributed by atoms with Gasteiger partial charge in [0, 0.05) is 30.1 Å². The van der Waals surface area contributed by atoms with Crippen LogP contribution in [0.2, 0.25) is 0 Å². The van der Waals surface area contributed by atoms with Gasteiger partial charge in [0.05, 0.1) is 5.56 Å². The molecule has 0 amide bonds. The summed E-state index contributed by atoms with van der Waals surface area (Å²) in [5, 5.41) is 7.95. The van der Waals surface area contributed by atoms with Gasteiger partial charge in [0.15, 0.2) is 5.82 Å². The lowest BCUT2D eigenvalue weighted by molar-refractivity contribution is 0.331. The molecule has 1 saturated heterocycles. The van der Waals surface area contributed by atoms with Gasteiger partial charge >= 0.3 is 0 Å². The van der Waals surface area contributed by atoms with E-state index in [1.165, 1.54) is 47.8 Å². The van der Waals surface area contributed by atoms with Gasteiger partial charge in [-0.05, 0) is 67.4 Å². The van der Waals surface area contributed by atoms with Gasteiger partial charge in [-0.3, -0.25) is 0 Å². The molecule has 0 radical (unpaired) electrons. The van der Waals surface area contributed by atoms with E-state index in [1.807, 2.05) is 0 Å². The Morgan fingerprint density at radius 1 is 0.879 bits per heavy atom. The van der Waals surface area contributed by atoms with Crippen molar-refractivity contribution < 1.29 is 4.52 Å². The van der Waals surface area contributed by atoms with Crippen LogP contribution in [0.5, 0.6) is 0 Å². The zero-order chi connectivity index (χ0) is 22.0. The molecule has 0 atom stereocenters. The Kier molecular flexibility index (Phi) is 5.40. The third kappa shape index (κ3) is 4.16. The monoisotopic (exact) mass is 436 g/mol. The van der Waals surface area contributed by atoms with Gasteiger partial charge in [-0.25, -0.2) is 0 Å². The minimum absolute atomic E-state index is 0.611. The molecule has 5 aromatic rings. The molecule has 2 aromatic heterocycles. The fourth-order valence-corrected chi connectivity index (χ4v) is 5.01. The van der Waals surface area contributed by atoms with Crippen LogP contribution in [0.1, 0.15) is 30.7 Å². The molecule has 3 heterocycles. The number of hydrogen-bond acceptors (Lipinski definition) is 4. The van der Waals surface area contributed by atoms with Gasteiger partial charge in [-0.15, -0.1) is 0 Å². The highest BCUT2D eigenvalue weighted by Gasteiger charge is 2.17. The molecule has 1 aliphatic rings. The molecule has 0 unspecified atom stereocenters. The standard InChI is InChI=1S/C28H28N4O/c1-2-9-23-18-21(13-14-22(23)8-1)19-32-20-25(24-10-3-4-11-26(24)32)28-29-27(30-33-28)12-7-17-31-15-5-6-16-31/h1-4,8-11,13-14,18,20H,5-7,12,15-17,19H2. The molecule has 1 fully saturated rings. The Hall–Kier alpha value is -3.44. The molecule has 0 saturated carbocycles. The second-order valence-corrected chi connectivity index (χ2v) is 9.04. The Morgan fingerprint density at radius 2 is 1.70 bits per heavy atom. The summed E-state index contributed by atoms with van der Waals surface area (Å²) >= 11 is 0. The number of hydrogen-bond donors (Lipinski definition) is 0. The predicted octanol–water partition coefficient (Wildman–Crippen LogP) is 5.92. The maximum absolute atomic E-state index is 5.71. The van der Waals surface area contributed by atoms with Crippen molar-refractivity contribution in [3.63, 3.8) is 0 Å². The number of aromatic nitrogens is 3. The summed E-state index contributed by atoms with van der Waals surface area (Å²) < 4.78 is 8.00. The van der Waals surface area contributed by atoms with Gasteiger partial charge in [0.2, 0.25) is 0 Å². The van der Waals surface area contributed by atoms with E-state index in [0.29, 0.717) is 5.89 Å². The number of rotatable bonds is 7. The summed E-state index contributed by atoms with van der Waals surface area (Å²) in [5.41, 5.74) is 3.45. The van der Waals surface area contributed by atoms with Crippen LogP contribution in [0.4, 0.5) is 0 Å². The van der Waals surface area contributed by atoms with Crippen molar-refractivity contribution in [2.45, 2.75) is 32.2 Å². The lowest BCUT2D eigenvalue weighted by atomic mass is 10.1. The van der Waals surface area contributed by atoms with Gasteiger partial charge in [-0.1, -0.05) is 59.8 Å². The highest BCUT2D eigenvalue weighted by Crippen LogP contribution is 2.30. The van der Waals surface area contributed by atoms with Crippen LogP contribution >= 0.6 is 0 Å². The topological polar surface area (TPSA) is 47.1 Å². The molecule has 0 N–H and O–H groups in total. The fraction of sp³-hybridized carbons (Fsp3) is 0.286. The summed E-state index contributed by atoms with van der Waals surface area (Å²) in [6, 6.07) is 23.6. The molecule has 5 nitrogen and oxygen atoms in total. The van der Waals surface area contributed by atoms with Crippen LogP contribution in [-0.2, 0) is 13.0 Å². The van der Waals surface area contributed by atoms with Gasteiger partial charge in [-0.2, -0.15) is 4.98 Å². The minimum atomic E-state index is 0.611. The van der Waals surface area contributed by atoms with Gasteiger partial charge < -0.3 is 14.0 Å². The largest absolute Gasteiger partial charge is 0.342 e. The Balaban J connectivity index is 1.25. The summed E-state index contributed by atoms with van der Waals surface area (Å²) in [4.78, 5) is 7.28. The molecule has 3 aromatic carbocycles. The quantitative estimate of drug-likeness (QED) is 0.318. The van der Waals surface area contributed by atoms with Crippen molar-refractivity contribution >= 4 is 21.7 Å². The fourth-order valence-electron chi connectivity index (χ4n) is 5.01. The smallest absolute Gasteiger partial charge is 0.260 e. The van der Waals surface area contributed by atoms with E-state index >= 15 is 0 Å². The maximum Gasteiger partial charge on any atom is 0.260 e. The molecule has 166 valence electrons. The first-order valence-electron chi connectivity index (χ1n) is 11.9. The molecule has 0 bridgehead atoms. The number of fused-ring (bicyclic) bond motifs is 2. The number of likely N-dealkylation sites (tertiary alicyclic amines) is 1. The van der Waals surface area contributed by atoms with Crippen molar-refractivity contribution in [2.75, 3.05) is 19.6 Å². The summed E-state index contributed by atoms with van der Waals surface area (Å²) in [6.45, 7) is 4.37. The molecule has 33 heavy (non-hydrogen) atoms. The number of aryl methyl sites for hydroxylation is 1. The number of benzene rings is 3. The number of nitrogens with zero attached hydrogens (tertiary/aromatic N) is 4. The highest BCUT2D eigenvalue weighted by molar-refractivity contribution is 5.94. The van der Waals surface area contributed by atoms with Crippen molar-refractivity contribution in [3.8, 4) is 11.5 Å². The van der Waals surface area contributed by atoms with E-state index in [2.05, 4.69) is 87.6 Å². The van der Waals surface area contributed by atoms with Gasteiger partial charge in [0.1, 0.15) is 0 Å². The van der Waals surface area contributed by atoms with E-state index in [0.717, 1.165) is 42.7 Å². The summed E-state index contributed by atoms with van der Waals surface area (Å²) in [6.07, 6.45) is 6.74. The molecule has 5 heteroatoms. The molecule has 6 rings (SSSR count). The Morgan fingerprint density at radius 3 is 2.61 bits per heavy atom. The molecular weight excluding hydrogens is 408 g/mol. The van der Waals surface area contributed by atoms with Crippen LogP contribution in [0.15, 0.2) is 77.4 Å². The average molecular weight is 437 g/mol. The highest BCUT2D eigenvalue weighted by atomic mass is 16.5. The number of para-hydroxylation sites is 1. The molecular formula is C28H28N4O.